The van der Waals surface area contributed by atoms with Gasteiger partial charge in [0.2, 0.25) is 0 Å². The van der Waals surface area contributed by atoms with Crippen LogP contribution >= 0.6 is 12.6 Å². The summed E-state index contributed by atoms with van der Waals surface area (Å²) < 4.78 is 4.50. The average molecular weight is 324 g/mol. The zero-order chi connectivity index (χ0) is 16.5. The van der Waals surface area contributed by atoms with E-state index < -0.39 is 18.7 Å². The molecule has 2 amide bonds. The molecule has 0 saturated carbocycles. The van der Waals surface area contributed by atoms with Gasteiger partial charge in [0.05, 0.1) is 12.1 Å². The number of benzene rings is 1. The highest BCUT2D eigenvalue weighted by Crippen LogP contribution is 2.12. The minimum absolute atomic E-state index is 0.240. The number of methoxy groups -OCH3 is 1. The molecule has 120 valence electrons. The number of amides is 2. The highest BCUT2D eigenvalue weighted by Gasteiger charge is 2.23. The lowest BCUT2D eigenvalue weighted by Gasteiger charge is -2.28. The zero-order valence-corrected chi connectivity index (χ0v) is 13.3. The molecule has 1 N–H and O–H groups in total. The van der Waals surface area contributed by atoms with Gasteiger partial charge in [-0.05, 0) is 12.0 Å². The lowest BCUT2D eigenvalue weighted by molar-refractivity contribution is -0.142. The van der Waals surface area contributed by atoms with Crippen LogP contribution in [0.25, 0.3) is 0 Å². The minimum Gasteiger partial charge on any atom is -0.468 e. The third kappa shape index (κ3) is 5.42. The molecular weight excluding hydrogens is 304 g/mol. The number of aliphatic hydroxyl groups is 1. The standard InChI is InChI=1S/C15H20N2O4S/c1-12(22)17(9-8-13-6-4-3-5-7-13)15(20)16(11-18)10-14(19)21-2/h3-7,18,22H,1,8-11H2,2H3. The predicted molar refractivity (Wildman–Crippen MR) is 86.2 cm³/mol. The van der Waals surface area contributed by atoms with Gasteiger partial charge < -0.3 is 9.84 Å². The molecule has 0 aromatic heterocycles. The number of hydrogen-bond donors (Lipinski definition) is 2. The molecule has 0 radical (unpaired) electrons. The Labute approximate surface area is 135 Å². The van der Waals surface area contributed by atoms with Crippen LogP contribution < -0.4 is 0 Å². The largest absolute Gasteiger partial charge is 0.468 e. The van der Waals surface area contributed by atoms with Crippen LogP contribution in [0, 0.1) is 0 Å². The van der Waals surface area contributed by atoms with Crippen LogP contribution in [0.5, 0.6) is 0 Å². The molecule has 7 heteroatoms. The maximum absolute atomic E-state index is 12.4. The smallest absolute Gasteiger partial charge is 0.327 e. The van der Waals surface area contributed by atoms with Crippen LogP contribution in [-0.4, -0.2) is 53.8 Å². The summed E-state index contributed by atoms with van der Waals surface area (Å²) in [7, 11) is 1.22. The molecule has 0 saturated heterocycles. The van der Waals surface area contributed by atoms with E-state index in [2.05, 4.69) is 23.9 Å². The first kappa shape index (κ1) is 18.1. The van der Waals surface area contributed by atoms with Gasteiger partial charge in [-0.1, -0.05) is 36.9 Å². The van der Waals surface area contributed by atoms with Gasteiger partial charge >= 0.3 is 12.0 Å². The van der Waals surface area contributed by atoms with Crippen molar-refractivity contribution in [1.29, 1.82) is 0 Å². The summed E-state index contributed by atoms with van der Waals surface area (Å²) in [5.74, 6) is -0.616. The van der Waals surface area contributed by atoms with Crippen molar-refractivity contribution in [3.63, 3.8) is 0 Å². The molecule has 0 heterocycles. The highest BCUT2D eigenvalue weighted by molar-refractivity contribution is 7.84. The number of carbonyl (C=O) groups is 2. The van der Waals surface area contributed by atoms with Crippen molar-refractivity contribution in [3.05, 3.63) is 47.5 Å². The second-order valence-corrected chi connectivity index (χ2v) is 5.02. The quantitative estimate of drug-likeness (QED) is 0.453. The van der Waals surface area contributed by atoms with Crippen LogP contribution in [-0.2, 0) is 16.0 Å². The van der Waals surface area contributed by atoms with Crippen molar-refractivity contribution in [2.75, 3.05) is 26.9 Å². The van der Waals surface area contributed by atoms with Crippen molar-refractivity contribution in [1.82, 2.24) is 9.80 Å². The summed E-state index contributed by atoms with van der Waals surface area (Å²) in [6.45, 7) is 3.05. The summed E-state index contributed by atoms with van der Waals surface area (Å²) >= 11 is 4.11. The lowest BCUT2D eigenvalue weighted by atomic mass is 10.1. The third-order valence-corrected chi connectivity index (χ3v) is 3.24. The van der Waals surface area contributed by atoms with Crippen molar-refractivity contribution < 1.29 is 19.4 Å². The molecule has 0 fully saturated rings. The van der Waals surface area contributed by atoms with Crippen LogP contribution in [0.3, 0.4) is 0 Å². The maximum atomic E-state index is 12.4. The molecule has 0 aliphatic carbocycles. The Morgan fingerprint density at radius 2 is 1.95 bits per heavy atom. The van der Waals surface area contributed by atoms with Gasteiger partial charge in [0.25, 0.3) is 0 Å². The SMILES string of the molecule is C=C(S)N(CCc1ccccc1)C(=O)N(CO)CC(=O)OC. The fourth-order valence-corrected chi connectivity index (χ4v) is 1.98. The minimum atomic E-state index is -0.616. The Hall–Kier alpha value is -1.99. The number of carbonyl (C=O) groups excluding carboxylic acids is 2. The van der Waals surface area contributed by atoms with E-state index in [0.717, 1.165) is 10.5 Å². The maximum Gasteiger partial charge on any atom is 0.327 e. The number of hydrogen-bond acceptors (Lipinski definition) is 5. The Morgan fingerprint density at radius 1 is 1.32 bits per heavy atom. The van der Waals surface area contributed by atoms with E-state index in [4.69, 9.17) is 0 Å². The van der Waals surface area contributed by atoms with Crippen LogP contribution in [0.4, 0.5) is 4.79 Å². The third-order valence-electron chi connectivity index (χ3n) is 3.00. The number of thiol groups is 1. The first-order valence-electron chi connectivity index (χ1n) is 6.65. The van der Waals surface area contributed by atoms with Crippen LogP contribution in [0.15, 0.2) is 41.9 Å². The van der Waals surface area contributed by atoms with E-state index >= 15 is 0 Å². The van der Waals surface area contributed by atoms with Crippen molar-refractivity contribution in [3.8, 4) is 0 Å². The van der Waals surface area contributed by atoms with E-state index in [0.29, 0.717) is 13.0 Å². The van der Waals surface area contributed by atoms with Gasteiger partial charge in [-0.3, -0.25) is 14.6 Å². The first-order valence-corrected chi connectivity index (χ1v) is 7.10. The molecular formula is C15H20N2O4S. The Morgan fingerprint density at radius 3 is 2.45 bits per heavy atom. The molecule has 22 heavy (non-hydrogen) atoms. The highest BCUT2D eigenvalue weighted by atomic mass is 32.1. The molecule has 6 nitrogen and oxygen atoms in total. The monoisotopic (exact) mass is 324 g/mol. The number of aliphatic hydroxyl groups excluding tert-OH is 1. The summed E-state index contributed by atoms with van der Waals surface area (Å²) in [6, 6.07) is 9.07. The number of nitrogens with zero attached hydrogens (tertiary/aromatic N) is 2. The van der Waals surface area contributed by atoms with Crippen molar-refractivity contribution >= 4 is 24.6 Å². The Balaban J connectivity index is 2.74. The van der Waals surface area contributed by atoms with Gasteiger partial charge in [-0.25, -0.2) is 4.79 Å². The second kappa shape index (κ2) is 9.11. The molecule has 0 atom stereocenters. The van der Waals surface area contributed by atoms with E-state index in [9.17, 15) is 14.7 Å². The molecule has 0 unspecified atom stereocenters. The molecule has 1 aromatic carbocycles. The molecule has 1 rings (SSSR count). The first-order chi connectivity index (χ1) is 10.5. The van der Waals surface area contributed by atoms with E-state index in [1.54, 1.807) is 0 Å². The van der Waals surface area contributed by atoms with E-state index in [1.165, 1.54) is 12.0 Å². The van der Waals surface area contributed by atoms with Gasteiger partial charge in [-0.15, -0.1) is 12.6 Å². The Kier molecular flexibility index (Phi) is 7.48. The van der Waals surface area contributed by atoms with E-state index in [-0.39, 0.29) is 11.6 Å². The molecule has 0 aliphatic rings. The topological polar surface area (TPSA) is 70.1 Å². The molecule has 1 aromatic rings. The summed E-state index contributed by atoms with van der Waals surface area (Å²) in [4.78, 5) is 25.9. The number of ether oxygens (including phenoxy) is 1. The molecule has 0 bridgehead atoms. The van der Waals surface area contributed by atoms with Gasteiger partial charge in [-0.2, -0.15) is 0 Å². The number of esters is 1. The van der Waals surface area contributed by atoms with Crippen LogP contribution in [0.2, 0.25) is 0 Å². The summed E-state index contributed by atoms with van der Waals surface area (Å²) in [5, 5.41) is 9.51. The normalized spacial score (nSPS) is 9.95. The second-order valence-electron chi connectivity index (χ2n) is 4.50. The zero-order valence-electron chi connectivity index (χ0n) is 12.4. The number of rotatable bonds is 7. The van der Waals surface area contributed by atoms with Crippen LogP contribution in [0.1, 0.15) is 5.56 Å². The number of urea groups is 1. The van der Waals surface area contributed by atoms with Gasteiger partial charge in [0.15, 0.2) is 0 Å². The molecule has 0 aliphatic heterocycles. The van der Waals surface area contributed by atoms with E-state index in [1.807, 2.05) is 30.3 Å². The average Bonchev–Trinajstić information content (AvgIpc) is 2.52. The molecule has 0 spiro atoms. The van der Waals surface area contributed by atoms with Gasteiger partial charge in [0, 0.05) is 6.54 Å². The fourth-order valence-electron chi connectivity index (χ4n) is 1.79. The lowest BCUT2D eigenvalue weighted by Crippen LogP contribution is -2.45. The van der Waals surface area contributed by atoms with Gasteiger partial charge in [0.1, 0.15) is 13.3 Å². The fraction of sp³-hybridized carbons (Fsp3) is 0.333. The van der Waals surface area contributed by atoms with Crippen molar-refractivity contribution in [2.45, 2.75) is 6.42 Å². The summed E-state index contributed by atoms with van der Waals surface area (Å²) in [6.07, 6.45) is 0.601. The Bertz CT molecular complexity index is 522. The predicted octanol–water partition coefficient (Wildman–Crippen LogP) is 1.48. The van der Waals surface area contributed by atoms with Crippen molar-refractivity contribution in [2.24, 2.45) is 0 Å². The summed E-state index contributed by atoms with van der Waals surface area (Å²) in [5.41, 5.74) is 1.05.